The second-order valence-electron chi connectivity index (χ2n) is 8.24. The van der Waals surface area contributed by atoms with E-state index in [4.69, 9.17) is 4.74 Å². The topological polar surface area (TPSA) is 69.4 Å². The predicted octanol–water partition coefficient (Wildman–Crippen LogP) is 0.404. The SMILES string of the molecule is CC1NC2CCC3NCNC(NCCCOC4CCC(F)CC14)C3N2. The summed E-state index contributed by atoms with van der Waals surface area (Å²) in [7, 11) is 0. The van der Waals surface area contributed by atoms with Gasteiger partial charge in [-0.05, 0) is 52.0 Å². The van der Waals surface area contributed by atoms with E-state index >= 15 is 0 Å². The van der Waals surface area contributed by atoms with Crippen molar-refractivity contribution in [2.75, 3.05) is 19.8 Å². The van der Waals surface area contributed by atoms with Gasteiger partial charge in [-0.3, -0.25) is 21.3 Å². The highest BCUT2D eigenvalue weighted by molar-refractivity contribution is 5.00. The molecule has 0 aromatic heterocycles. The predicted molar refractivity (Wildman–Crippen MR) is 95.9 cm³/mol. The van der Waals surface area contributed by atoms with Crippen molar-refractivity contribution < 1.29 is 9.13 Å². The van der Waals surface area contributed by atoms with Crippen LogP contribution in [0, 0.1) is 5.92 Å². The zero-order valence-electron chi connectivity index (χ0n) is 15.3. The van der Waals surface area contributed by atoms with Crippen LogP contribution in [0.5, 0.6) is 0 Å². The van der Waals surface area contributed by atoms with E-state index in [1.807, 2.05) is 0 Å². The number of nitrogens with one attached hydrogen (secondary N) is 5. The van der Waals surface area contributed by atoms with Gasteiger partial charge in [-0.1, -0.05) is 0 Å². The molecule has 25 heavy (non-hydrogen) atoms. The summed E-state index contributed by atoms with van der Waals surface area (Å²) < 4.78 is 20.2. The molecule has 4 rings (SSSR count). The highest BCUT2D eigenvalue weighted by Crippen LogP contribution is 2.32. The van der Waals surface area contributed by atoms with Crippen LogP contribution in [0.1, 0.15) is 45.4 Å². The molecule has 1 saturated carbocycles. The molecule has 1 aliphatic carbocycles. The van der Waals surface area contributed by atoms with Gasteiger partial charge in [-0.25, -0.2) is 4.39 Å². The summed E-state index contributed by atoms with van der Waals surface area (Å²) in [6.45, 7) is 4.76. The zero-order chi connectivity index (χ0) is 17.2. The van der Waals surface area contributed by atoms with Crippen molar-refractivity contribution in [1.82, 2.24) is 26.6 Å². The number of ether oxygens (including phenoxy) is 1. The molecule has 2 bridgehead atoms. The number of hydrogen-bond donors (Lipinski definition) is 5. The van der Waals surface area contributed by atoms with Crippen LogP contribution in [0.2, 0.25) is 0 Å². The third-order valence-corrected chi connectivity index (χ3v) is 6.53. The van der Waals surface area contributed by atoms with Gasteiger partial charge < -0.3 is 10.1 Å². The van der Waals surface area contributed by atoms with Crippen molar-refractivity contribution in [2.24, 2.45) is 5.92 Å². The third-order valence-electron chi connectivity index (χ3n) is 6.53. The van der Waals surface area contributed by atoms with E-state index in [2.05, 4.69) is 33.5 Å². The Bertz CT molecular complexity index is 442. The third kappa shape index (κ3) is 4.17. The Kier molecular flexibility index (Phi) is 5.89. The average Bonchev–Trinajstić information content (AvgIpc) is 2.63. The summed E-state index contributed by atoms with van der Waals surface area (Å²) in [6, 6.07) is 1.13. The Morgan fingerprint density at radius 1 is 1.00 bits per heavy atom. The van der Waals surface area contributed by atoms with Crippen LogP contribution >= 0.6 is 0 Å². The molecule has 0 aromatic rings. The normalized spacial score (nSPS) is 49.2. The van der Waals surface area contributed by atoms with E-state index < -0.39 is 6.17 Å². The fourth-order valence-electron chi connectivity index (χ4n) is 5.14. The van der Waals surface area contributed by atoms with Gasteiger partial charge >= 0.3 is 0 Å². The van der Waals surface area contributed by atoms with E-state index in [0.717, 1.165) is 45.5 Å². The molecule has 5 N–H and O–H groups in total. The van der Waals surface area contributed by atoms with E-state index in [0.29, 0.717) is 24.9 Å². The van der Waals surface area contributed by atoms with Crippen LogP contribution < -0.4 is 26.6 Å². The number of piperidine rings is 1. The standard InChI is InChI=1S/C18H34FN5O/c1-11-13-9-12(19)3-5-15(13)25-8-2-7-20-18-17-14(21-10-22-18)4-6-16(23-11)24-17/h11-18,20-24H,2-10H2,1H3. The Morgan fingerprint density at radius 3 is 2.84 bits per heavy atom. The maximum absolute atomic E-state index is 14.0. The van der Waals surface area contributed by atoms with Gasteiger partial charge in [-0.15, -0.1) is 0 Å². The van der Waals surface area contributed by atoms with Gasteiger partial charge in [0.1, 0.15) is 6.17 Å². The van der Waals surface area contributed by atoms with Gasteiger partial charge in [0.25, 0.3) is 0 Å². The molecule has 4 fully saturated rings. The van der Waals surface area contributed by atoms with Crippen molar-refractivity contribution in [1.29, 1.82) is 0 Å². The maximum Gasteiger partial charge on any atom is 0.101 e. The molecule has 3 heterocycles. The first-order valence-electron chi connectivity index (χ1n) is 10.2. The highest BCUT2D eigenvalue weighted by atomic mass is 19.1. The molecule has 6 nitrogen and oxygen atoms in total. The lowest BCUT2D eigenvalue weighted by molar-refractivity contribution is -0.0400. The van der Waals surface area contributed by atoms with Crippen molar-refractivity contribution >= 4 is 0 Å². The van der Waals surface area contributed by atoms with E-state index in [9.17, 15) is 4.39 Å². The molecule has 0 aromatic carbocycles. The Morgan fingerprint density at radius 2 is 1.92 bits per heavy atom. The van der Waals surface area contributed by atoms with Gasteiger partial charge in [-0.2, -0.15) is 0 Å². The Balaban J connectivity index is 1.48. The minimum Gasteiger partial charge on any atom is -0.378 e. The molecule has 144 valence electrons. The number of fused-ring (bicyclic) bond motifs is 2. The Hall–Kier alpha value is -0.310. The quantitative estimate of drug-likeness (QED) is 0.434. The van der Waals surface area contributed by atoms with E-state index in [-0.39, 0.29) is 30.4 Å². The van der Waals surface area contributed by atoms with Crippen LogP contribution in [0.25, 0.3) is 0 Å². The van der Waals surface area contributed by atoms with Crippen molar-refractivity contribution in [3.63, 3.8) is 0 Å². The molecule has 3 aliphatic heterocycles. The smallest absolute Gasteiger partial charge is 0.101 e. The summed E-state index contributed by atoms with van der Waals surface area (Å²) in [6.07, 6.45) is 5.46. The minimum absolute atomic E-state index is 0.189. The van der Waals surface area contributed by atoms with Gasteiger partial charge in [0.2, 0.25) is 0 Å². The molecule has 3 saturated heterocycles. The fraction of sp³-hybridized carbons (Fsp3) is 1.00. The van der Waals surface area contributed by atoms with Crippen LogP contribution in [0.3, 0.4) is 0 Å². The maximum atomic E-state index is 14.0. The molecular formula is C18H34FN5O. The molecule has 0 radical (unpaired) electrons. The second-order valence-corrected chi connectivity index (χ2v) is 8.24. The second kappa shape index (κ2) is 8.15. The molecule has 0 amide bonds. The molecule has 8 atom stereocenters. The molecule has 4 aliphatic rings. The fourth-order valence-corrected chi connectivity index (χ4v) is 5.14. The number of alkyl halides is 1. The van der Waals surface area contributed by atoms with Crippen molar-refractivity contribution in [2.45, 2.75) is 88.2 Å². The number of halogens is 1. The first kappa shape index (κ1) is 18.1. The van der Waals surface area contributed by atoms with Crippen LogP contribution in [0.4, 0.5) is 4.39 Å². The van der Waals surface area contributed by atoms with E-state index in [1.54, 1.807) is 0 Å². The summed E-state index contributed by atoms with van der Waals surface area (Å²) in [5.41, 5.74) is 0. The highest BCUT2D eigenvalue weighted by Gasteiger charge is 2.40. The van der Waals surface area contributed by atoms with Crippen LogP contribution in [-0.4, -0.2) is 62.6 Å². The number of hydrogen-bond acceptors (Lipinski definition) is 6. The van der Waals surface area contributed by atoms with Crippen molar-refractivity contribution in [3.8, 4) is 0 Å². The van der Waals surface area contributed by atoms with Gasteiger partial charge in [0.05, 0.1) is 24.5 Å². The van der Waals surface area contributed by atoms with Crippen molar-refractivity contribution in [3.05, 3.63) is 0 Å². The van der Waals surface area contributed by atoms with E-state index in [1.165, 1.54) is 0 Å². The van der Waals surface area contributed by atoms with Gasteiger partial charge in [0, 0.05) is 31.3 Å². The molecular weight excluding hydrogens is 321 g/mol. The lowest BCUT2D eigenvalue weighted by atomic mass is 9.80. The molecule has 0 spiro atoms. The summed E-state index contributed by atoms with van der Waals surface area (Å²) >= 11 is 0. The summed E-state index contributed by atoms with van der Waals surface area (Å²) in [4.78, 5) is 0. The van der Waals surface area contributed by atoms with Crippen LogP contribution in [-0.2, 0) is 4.74 Å². The molecule has 8 unspecified atom stereocenters. The first-order chi connectivity index (χ1) is 12.2. The first-order valence-corrected chi connectivity index (χ1v) is 10.2. The lowest BCUT2D eigenvalue weighted by Crippen LogP contribution is -2.74. The minimum atomic E-state index is -0.675. The molecule has 7 heteroatoms. The summed E-state index contributed by atoms with van der Waals surface area (Å²) in [5, 5.41) is 18.3. The number of rotatable bonds is 0. The zero-order valence-corrected chi connectivity index (χ0v) is 15.3. The van der Waals surface area contributed by atoms with Gasteiger partial charge in [0.15, 0.2) is 0 Å². The lowest BCUT2D eigenvalue weighted by Gasteiger charge is -2.47. The Labute approximate surface area is 150 Å². The largest absolute Gasteiger partial charge is 0.378 e. The summed E-state index contributed by atoms with van der Waals surface area (Å²) in [5.74, 6) is 0.260. The van der Waals surface area contributed by atoms with Crippen LogP contribution in [0.15, 0.2) is 0 Å². The average molecular weight is 356 g/mol. The monoisotopic (exact) mass is 355 g/mol.